The van der Waals surface area contributed by atoms with Gasteiger partial charge in [-0.1, -0.05) is 28.1 Å². The number of rotatable bonds is 1. The first-order valence-electron chi connectivity index (χ1n) is 6.76. The minimum absolute atomic E-state index is 0.332. The van der Waals surface area contributed by atoms with E-state index in [0.29, 0.717) is 11.4 Å². The number of benzene rings is 1. The van der Waals surface area contributed by atoms with Crippen LogP contribution in [-0.2, 0) is 13.0 Å². The number of nitrogens with zero attached hydrogens (tertiary/aromatic N) is 3. The molecule has 21 heavy (non-hydrogen) atoms. The number of fused-ring (bicyclic) bond motifs is 1. The van der Waals surface area contributed by atoms with E-state index < -0.39 is 0 Å². The zero-order valence-electron chi connectivity index (χ0n) is 11.7. The highest BCUT2D eigenvalue weighted by atomic mass is 79.9. The van der Waals surface area contributed by atoms with Crippen LogP contribution in [0.5, 0.6) is 0 Å². The summed E-state index contributed by atoms with van der Waals surface area (Å²) in [6.45, 7) is 1.76. The number of halogens is 1. The molecular weight excluding hydrogens is 328 g/mol. The lowest BCUT2D eigenvalue weighted by molar-refractivity contribution is 0.310. The topological polar surface area (TPSA) is 65.9 Å². The van der Waals surface area contributed by atoms with E-state index in [4.69, 9.17) is 5.73 Å². The summed E-state index contributed by atoms with van der Waals surface area (Å²) in [5.74, 6) is 0.332. The number of likely N-dealkylation sites (N-methyl/N-ethyl adjacent to an activating group) is 1. The Bertz CT molecular complexity index is 731. The van der Waals surface area contributed by atoms with Crippen molar-refractivity contribution in [3.05, 3.63) is 45.6 Å². The van der Waals surface area contributed by atoms with E-state index in [0.717, 1.165) is 46.4 Å². The van der Waals surface area contributed by atoms with E-state index in [1.165, 1.54) is 0 Å². The van der Waals surface area contributed by atoms with Crippen molar-refractivity contribution in [3.63, 3.8) is 0 Å². The van der Waals surface area contributed by atoms with Gasteiger partial charge in [-0.05, 0) is 30.3 Å². The quantitative estimate of drug-likeness (QED) is 0.865. The standard InChI is InChI=1S/C16H15BrN4/c1-21-7-6-14-13(9-21)15(12(8-18)16(19)20-14)10-2-4-11(17)5-3-10/h2-5H,6-7,9H2,1H3,(H2,19,20). The third-order valence-corrected chi connectivity index (χ3v) is 4.34. The molecule has 1 aliphatic heterocycles. The third-order valence-electron chi connectivity index (χ3n) is 3.81. The van der Waals surface area contributed by atoms with Gasteiger partial charge in [-0.15, -0.1) is 0 Å². The average Bonchev–Trinajstić information content (AvgIpc) is 2.47. The van der Waals surface area contributed by atoms with Gasteiger partial charge in [0, 0.05) is 35.2 Å². The number of nitrogen functional groups attached to an aromatic ring is 1. The van der Waals surface area contributed by atoms with Crippen LogP contribution in [0, 0.1) is 11.3 Å². The van der Waals surface area contributed by atoms with Crippen molar-refractivity contribution in [2.24, 2.45) is 0 Å². The highest BCUT2D eigenvalue weighted by Crippen LogP contribution is 2.35. The molecule has 0 amide bonds. The third kappa shape index (κ3) is 2.53. The van der Waals surface area contributed by atoms with Crippen LogP contribution in [0.1, 0.15) is 16.8 Å². The van der Waals surface area contributed by atoms with Crippen LogP contribution in [0.2, 0.25) is 0 Å². The average molecular weight is 343 g/mol. The Hall–Kier alpha value is -1.90. The van der Waals surface area contributed by atoms with Crippen molar-refractivity contribution in [2.45, 2.75) is 13.0 Å². The lowest BCUT2D eigenvalue weighted by Crippen LogP contribution is -2.28. The van der Waals surface area contributed by atoms with E-state index in [2.05, 4.69) is 38.9 Å². The molecule has 5 heteroatoms. The number of hydrogen-bond acceptors (Lipinski definition) is 4. The van der Waals surface area contributed by atoms with E-state index in [9.17, 15) is 5.26 Å². The molecule has 0 spiro atoms. The molecule has 0 saturated heterocycles. The highest BCUT2D eigenvalue weighted by Gasteiger charge is 2.23. The predicted molar refractivity (Wildman–Crippen MR) is 86.5 cm³/mol. The largest absolute Gasteiger partial charge is 0.383 e. The SMILES string of the molecule is CN1CCc2nc(N)c(C#N)c(-c3ccc(Br)cc3)c2C1. The normalized spacial score (nSPS) is 14.5. The molecule has 0 unspecified atom stereocenters. The molecule has 1 aromatic carbocycles. The van der Waals surface area contributed by atoms with Crippen molar-refractivity contribution in [1.82, 2.24) is 9.88 Å². The molecule has 0 radical (unpaired) electrons. The molecule has 0 aliphatic carbocycles. The monoisotopic (exact) mass is 342 g/mol. The number of anilines is 1. The fourth-order valence-electron chi connectivity index (χ4n) is 2.76. The van der Waals surface area contributed by atoms with E-state index in [1.807, 2.05) is 24.3 Å². The Morgan fingerprint density at radius 2 is 2.05 bits per heavy atom. The van der Waals surface area contributed by atoms with Crippen molar-refractivity contribution < 1.29 is 0 Å². The lowest BCUT2D eigenvalue weighted by Gasteiger charge is -2.27. The molecule has 0 fully saturated rings. The summed E-state index contributed by atoms with van der Waals surface area (Å²) in [7, 11) is 2.08. The molecule has 106 valence electrons. The van der Waals surface area contributed by atoms with Crippen molar-refractivity contribution in [3.8, 4) is 17.2 Å². The van der Waals surface area contributed by atoms with Gasteiger partial charge in [-0.2, -0.15) is 5.26 Å². The van der Waals surface area contributed by atoms with Crippen LogP contribution in [0.3, 0.4) is 0 Å². The number of hydrogen-bond donors (Lipinski definition) is 1. The maximum atomic E-state index is 9.49. The Morgan fingerprint density at radius 1 is 1.33 bits per heavy atom. The summed E-state index contributed by atoms with van der Waals surface area (Å²) in [5.41, 5.74) is 10.6. The summed E-state index contributed by atoms with van der Waals surface area (Å²) >= 11 is 3.44. The molecule has 2 N–H and O–H groups in total. The van der Waals surface area contributed by atoms with Crippen molar-refractivity contribution >= 4 is 21.7 Å². The molecule has 3 rings (SSSR count). The summed E-state index contributed by atoms with van der Waals surface area (Å²) < 4.78 is 1.01. The first-order valence-corrected chi connectivity index (χ1v) is 7.55. The number of nitrogens with two attached hydrogens (primary N) is 1. The fraction of sp³-hybridized carbons (Fsp3) is 0.250. The summed E-state index contributed by atoms with van der Waals surface area (Å²) in [5, 5.41) is 9.49. The minimum Gasteiger partial charge on any atom is -0.383 e. The molecule has 2 aromatic rings. The Labute approximate surface area is 132 Å². The van der Waals surface area contributed by atoms with E-state index in [1.54, 1.807) is 0 Å². The second-order valence-electron chi connectivity index (χ2n) is 5.28. The van der Waals surface area contributed by atoms with Gasteiger partial charge in [-0.3, -0.25) is 0 Å². The zero-order valence-corrected chi connectivity index (χ0v) is 13.3. The maximum Gasteiger partial charge on any atom is 0.142 e. The number of nitriles is 1. The van der Waals surface area contributed by atoms with Crippen LogP contribution >= 0.6 is 15.9 Å². The first-order chi connectivity index (χ1) is 10.1. The smallest absolute Gasteiger partial charge is 0.142 e. The van der Waals surface area contributed by atoms with Crippen molar-refractivity contribution in [1.29, 1.82) is 5.26 Å². The molecular formula is C16H15BrN4. The Kier molecular flexibility index (Phi) is 3.66. The van der Waals surface area contributed by atoms with Gasteiger partial charge < -0.3 is 10.6 Å². The summed E-state index contributed by atoms with van der Waals surface area (Å²) in [6, 6.07) is 10.2. The van der Waals surface area contributed by atoms with Gasteiger partial charge in [0.25, 0.3) is 0 Å². The maximum absolute atomic E-state index is 9.49. The lowest BCUT2D eigenvalue weighted by atomic mass is 9.91. The van der Waals surface area contributed by atoms with Gasteiger partial charge in [0.05, 0.1) is 0 Å². The van der Waals surface area contributed by atoms with Crippen LogP contribution in [0.15, 0.2) is 28.7 Å². The molecule has 1 aliphatic rings. The molecule has 0 bridgehead atoms. The fourth-order valence-corrected chi connectivity index (χ4v) is 3.03. The summed E-state index contributed by atoms with van der Waals surface area (Å²) in [6.07, 6.45) is 0.866. The van der Waals surface area contributed by atoms with Crippen LogP contribution in [0.4, 0.5) is 5.82 Å². The highest BCUT2D eigenvalue weighted by molar-refractivity contribution is 9.10. The molecule has 0 atom stereocenters. The molecule has 2 heterocycles. The van der Waals surface area contributed by atoms with Crippen LogP contribution < -0.4 is 5.73 Å². The zero-order chi connectivity index (χ0) is 15.0. The van der Waals surface area contributed by atoms with Gasteiger partial charge in [0.2, 0.25) is 0 Å². The number of pyridine rings is 1. The first kappa shape index (κ1) is 14.1. The van der Waals surface area contributed by atoms with Crippen LogP contribution in [0.25, 0.3) is 11.1 Å². The molecule has 1 aromatic heterocycles. The van der Waals surface area contributed by atoms with E-state index in [-0.39, 0.29) is 0 Å². The van der Waals surface area contributed by atoms with Crippen LogP contribution in [-0.4, -0.2) is 23.5 Å². The summed E-state index contributed by atoms with van der Waals surface area (Å²) in [4.78, 5) is 6.68. The molecule has 4 nitrogen and oxygen atoms in total. The number of aromatic nitrogens is 1. The van der Waals surface area contributed by atoms with Gasteiger partial charge in [0.1, 0.15) is 17.5 Å². The van der Waals surface area contributed by atoms with Crippen molar-refractivity contribution in [2.75, 3.05) is 19.3 Å². The van der Waals surface area contributed by atoms with Gasteiger partial charge >= 0.3 is 0 Å². The van der Waals surface area contributed by atoms with Gasteiger partial charge in [0.15, 0.2) is 0 Å². The second kappa shape index (κ2) is 5.47. The minimum atomic E-state index is 0.332. The Morgan fingerprint density at radius 3 is 2.71 bits per heavy atom. The van der Waals surface area contributed by atoms with Gasteiger partial charge in [-0.25, -0.2) is 4.98 Å². The predicted octanol–water partition coefficient (Wildman–Crippen LogP) is 2.95. The second-order valence-corrected chi connectivity index (χ2v) is 6.19. The van der Waals surface area contributed by atoms with E-state index >= 15 is 0 Å². The molecule has 0 saturated carbocycles. The Balaban J connectivity index is 2.28.